The van der Waals surface area contributed by atoms with E-state index in [0.717, 1.165) is 20.3 Å². The van der Waals surface area contributed by atoms with E-state index in [1.165, 1.54) is 34.4 Å². The van der Waals surface area contributed by atoms with Crippen LogP contribution in [0.15, 0.2) is 34.0 Å². The van der Waals surface area contributed by atoms with Gasteiger partial charge in [0.05, 0.1) is 22.0 Å². The number of ether oxygens (including phenoxy) is 1. The fourth-order valence-electron chi connectivity index (χ4n) is 2.08. The number of rotatable bonds is 7. The van der Waals surface area contributed by atoms with Crippen molar-refractivity contribution >= 4 is 56.4 Å². The van der Waals surface area contributed by atoms with E-state index >= 15 is 0 Å². The lowest BCUT2D eigenvalue weighted by molar-refractivity contribution is -0.145. The molecule has 1 aromatic carbocycles. The Bertz CT molecular complexity index is 957. The van der Waals surface area contributed by atoms with Crippen LogP contribution in [0.4, 0.5) is 0 Å². The largest absolute Gasteiger partial charge is 0.457 e. The van der Waals surface area contributed by atoms with Crippen LogP contribution in [-0.2, 0) is 14.3 Å². The molecule has 0 saturated carbocycles. The van der Waals surface area contributed by atoms with Gasteiger partial charge in [-0.05, 0) is 19.1 Å². The number of carbonyl (C=O) groups is 2. The lowest BCUT2D eigenvalue weighted by Gasteiger charge is -2.06. The molecule has 2 aromatic heterocycles. The minimum absolute atomic E-state index is 0.0562. The summed E-state index contributed by atoms with van der Waals surface area (Å²) in [6.07, 6.45) is 0. The number of esters is 1. The Hall–Kier alpha value is -2.28. The van der Waals surface area contributed by atoms with E-state index in [-0.39, 0.29) is 5.75 Å². The van der Waals surface area contributed by atoms with E-state index in [2.05, 4.69) is 9.97 Å². The van der Waals surface area contributed by atoms with E-state index in [0.29, 0.717) is 5.01 Å². The number of aromatic nitrogens is 2. The SMILES string of the molecule is Cc1csc(C(C#N)C(=O)COC(=O)CSc2nc3ccccc3s2)n1. The van der Waals surface area contributed by atoms with Crippen molar-refractivity contribution in [2.24, 2.45) is 0 Å². The number of thioether (sulfide) groups is 1. The van der Waals surface area contributed by atoms with Crippen molar-refractivity contribution in [2.45, 2.75) is 17.2 Å². The molecular formula is C17H13N3O3S3. The van der Waals surface area contributed by atoms with Crippen molar-refractivity contribution in [3.05, 3.63) is 40.3 Å². The normalized spacial score (nSPS) is 11.8. The number of Topliss-reactive ketones (excluding diaryl/α,β-unsaturated/α-hetero) is 1. The van der Waals surface area contributed by atoms with Crippen LogP contribution in [0.25, 0.3) is 10.2 Å². The maximum atomic E-state index is 12.1. The summed E-state index contributed by atoms with van der Waals surface area (Å²) in [6.45, 7) is 1.36. The number of hydrogen-bond donors (Lipinski definition) is 0. The molecule has 0 spiro atoms. The lowest BCUT2D eigenvalue weighted by atomic mass is 10.1. The number of thiazole rings is 2. The molecule has 26 heavy (non-hydrogen) atoms. The average molecular weight is 404 g/mol. The molecule has 0 radical (unpaired) electrons. The second-order valence-corrected chi connectivity index (χ2v) is 8.40. The Labute approximate surface area is 161 Å². The summed E-state index contributed by atoms with van der Waals surface area (Å²) >= 11 is 4.01. The molecule has 3 aromatic rings. The molecule has 0 amide bonds. The topological polar surface area (TPSA) is 92.9 Å². The van der Waals surface area contributed by atoms with Gasteiger partial charge in [-0.25, -0.2) is 9.97 Å². The number of ketones is 1. The third-order valence-corrected chi connectivity index (χ3v) is 6.48. The first-order chi connectivity index (χ1) is 12.6. The van der Waals surface area contributed by atoms with Gasteiger partial charge in [0, 0.05) is 11.1 Å². The maximum Gasteiger partial charge on any atom is 0.316 e. The fraction of sp³-hybridized carbons (Fsp3) is 0.235. The van der Waals surface area contributed by atoms with Gasteiger partial charge in [-0.1, -0.05) is 23.9 Å². The van der Waals surface area contributed by atoms with E-state index < -0.39 is 24.3 Å². The first-order valence-electron chi connectivity index (χ1n) is 7.55. The first kappa shape index (κ1) is 18.5. The zero-order valence-corrected chi connectivity index (χ0v) is 16.1. The second-order valence-electron chi connectivity index (χ2n) is 5.25. The summed E-state index contributed by atoms with van der Waals surface area (Å²) in [6, 6.07) is 9.65. The van der Waals surface area contributed by atoms with Crippen molar-refractivity contribution in [1.29, 1.82) is 5.26 Å². The Kier molecular flexibility index (Phi) is 5.98. The number of aryl methyl sites for hydroxylation is 1. The van der Waals surface area contributed by atoms with Crippen molar-refractivity contribution in [2.75, 3.05) is 12.4 Å². The molecule has 1 atom stereocenters. The summed E-state index contributed by atoms with van der Waals surface area (Å²) in [4.78, 5) is 32.6. The van der Waals surface area contributed by atoms with Crippen LogP contribution in [0.1, 0.15) is 16.6 Å². The van der Waals surface area contributed by atoms with Crippen LogP contribution in [-0.4, -0.2) is 34.1 Å². The smallest absolute Gasteiger partial charge is 0.316 e. The van der Waals surface area contributed by atoms with Gasteiger partial charge in [-0.3, -0.25) is 9.59 Å². The number of hydrogen-bond acceptors (Lipinski definition) is 9. The molecule has 132 valence electrons. The second kappa shape index (κ2) is 8.40. The highest BCUT2D eigenvalue weighted by Crippen LogP contribution is 2.29. The summed E-state index contributed by atoms with van der Waals surface area (Å²) in [5, 5.41) is 11.4. The van der Waals surface area contributed by atoms with Crippen molar-refractivity contribution in [3.8, 4) is 6.07 Å². The molecule has 0 N–H and O–H groups in total. The number of nitriles is 1. The molecule has 3 rings (SSSR count). The van der Waals surface area contributed by atoms with Gasteiger partial charge in [-0.2, -0.15) is 5.26 Å². The Morgan fingerprint density at radius 2 is 2.15 bits per heavy atom. The highest BCUT2D eigenvalue weighted by Gasteiger charge is 2.24. The predicted molar refractivity (Wildman–Crippen MR) is 102 cm³/mol. The van der Waals surface area contributed by atoms with E-state index in [1.54, 1.807) is 12.3 Å². The quantitative estimate of drug-likeness (QED) is 0.440. The predicted octanol–water partition coefficient (Wildman–Crippen LogP) is 3.57. The third-order valence-electron chi connectivity index (χ3n) is 3.30. The third kappa shape index (κ3) is 4.46. The zero-order valence-electron chi connectivity index (χ0n) is 13.7. The number of fused-ring (bicyclic) bond motifs is 1. The highest BCUT2D eigenvalue weighted by molar-refractivity contribution is 8.01. The van der Waals surface area contributed by atoms with Crippen LogP contribution in [0.3, 0.4) is 0 Å². The molecule has 6 nitrogen and oxygen atoms in total. The van der Waals surface area contributed by atoms with Crippen molar-refractivity contribution < 1.29 is 14.3 Å². The molecule has 0 aliphatic rings. The van der Waals surface area contributed by atoms with Gasteiger partial charge in [0.1, 0.15) is 5.01 Å². The van der Waals surface area contributed by atoms with Gasteiger partial charge >= 0.3 is 5.97 Å². The number of para-hydroxylation sites is 1. The zero-order chi connectivity index (χ0) is 18.5. The number of nitrogens with zero attached hydrogens (tertiary/aromatic N) is 3. The highest BCUT2D eigenvalue weighted by atomic mass is 32.2. The molecule has 0 saturated heterocycles. The van der Waals surface area contributed by atoms with Crippen molar-refractivity contribution in [1.82, 2.24) is 9.97 Å². The maximum absolute atomic E-state index is 12.1. The molecule has 0 aliphatic carbocycles. The molecule has 0 aliphatic heterocycles. The van der Waals surface area contributed by atoms with Gasteiger partial charge < -0.3 is 4.74 Å². The monoisotopic (exact) mass is 403 g/mol. The van der Waals surface area contributed by atoms with E-state index in [9.17, 15) is 14.9 Å². The Morgan fingerprint density at radius 1 is 1.35 bits per heavy atom. The van der Waals surface area contributed by atoms with E-state index in [1.807, 2.05) is 30.3 Å². The van der Waals surface area contributed by atoms with Crippen LogP contribution < -0.4 is 0 Å². The lowest BCUT2D eigenvalue weighted by Crippen LogP contribution is -2.20. The van der Waals surface area contributed by atoms with Gasteiger partial charge in [0.2, 0.25) is 0 Å². The number of carbonyl (C=O) groups excluding carboxylic acids is 2. The molecule has 2 heterocycles. The number of benzene rings is 1. The Balaban J connectivity index is 1.50. The fourth-order valence-corrected chi connectivity index (χ4v) is 4.81. The van der Waals surface area contributed by atoms with Gasteiger partial charge in [0.15, 0.2) is 22.6 Å². The van der Waals surface area contributed by atoms with Crippen LogP contribution in [0.2, 0.25) is 0 Å². The summed E-state index contributed by atoms with van der Waals surface area (Å²) in [7, 11) is 0. The Morgan fingerprint density at radius 3 is 2.85 bits per heavy atom. The molecular weight excluding hydrogens is 390 g/mol. The molecule has 0 bridgehead atoms. The summed E-state index contributed by atoms with van der Waals surface area (Å²) in [5.41, 5.74) is 1.64. The molecule has 0 fully saturated rings. The van der Waals surface area contributed by atoms with Crippen LogP contribution in [0, 0.1) is 18.3 Å². The van der Waals surface area contributed by atoms with Gasteiger partial charge in [-0.15, -0.1) is 22.7 Å². The van der Waals surface area contributed by atoms with Gasteiger partial charge in [0.25, 0.3) is 0 Å². The van der Waals surface area contributed by atoms with Crippen LogP contribution in [0.5, 0.6) is 0 Å². The average Bonchev–Trinajstić information content (AvgIpc) is 3.24. The van der Waals surface area contributed by atoms with E-state index in [4.69, 9.17) is 4.74 Å². The molecule has 1 unspecified atom stereocenters. The standard InChI is InChI=1S/C17H13N3O3S3/c1-10-8-24-16(19-10)11(6-18)13(21)7-23-15(22)9-25-17-20-12-4-2-3-5-14(12)26-17/h2-5,8,11H,7,9H2,1H3. The molecule has 9 heteroatoms. The summed E-state index contributed by atoms with van der Waals surface area (Å²) in [5.74, 6) is -1.94. The minimum Gasteiger partial charge on any atom is -0.457 e. The first-order valence-corrected chi connectivity index (χ1v) is 10.2. The van der Waals surface area contributed by atoms with Crippen molar-refractivity contribution in [3.63, 3.8) is 0 Å². The summed E-state index contributed by atoms with van der Waals surface area (Å²) < 4.78 is 6.82. The minimum atomic E-state index is -1.00. The van der Waals surface area contributed by atoms with Crippen LogP contribution >= 0.6 is 34.4 Å².